The van der Waals surface area contributed by atoms with Crippen LogP contribution in [0.5, 0.6) is 0 Å². The van der Waals surface area contributed by atoms with E-state index in [0.29, 0.717) is 61.3 Å². The highest BCUT2D eigenvalue weighted by Gasteiger charge is 2.30. The molecular weight excluding hydrogens is 428 g/mol. The van der Waals surface area contributed by atoms with E-state index in [1.165, 1.54) is 0 Å². The number of likely N-dealkylation sites (tertiary alicyclic amines) is 1. The third kappa shape index (κ3) is 4.80. The molecule has 0 saturated carbocycles. The van der Waals surface area contributed by atoms with Crippen LogP contribution in [0.4, 0.5) is 0 Å². The van der Waals surface area contributed by atoms with E-state index in [4.69, 9.17) is 9.84 Å². The van der Waals surface area contributed by atoms with Crippen molar-refractivity contribution in [3.8, 4) is 11.3 Å². The van der Waals surface area contributed by atoms with Gasteiger partial charge in [0.1, 0.15) is 0 Å². The maximum atomic E-state index is 13.4. The molecule has 32 heavy (non-hydrogen) atoms. The molecule has 2 atom stereocenters. The fourth-order valence-corrected chi connectivity index (χ4v) is 5.38. The van der Waals surface area contributed by atoms with E-state index in [2.05, 4.69) is 11.9 Å². The zero-order chi connectivity index (χ0) is 22.7. The van der Waals surface area contributed by atoms with E-state index in [1.807, 2.05) is 23.7 Å². The lowest BCUT2D eigenvalue weighted by atomic mass is 9.97. The molecule has 0 radical (unpaired) electrons. The Hall–Kier alpha value is -2.07. The first-order valence-corrected chi connectivity index (χ1v) is 12.5. The fourth-order valence-electron chi connectivity index (χ4n) is 4.84. The third-order valence-corrected chi connectivity index (χ3v) is 7.12. The van der Waals surface area contributed by atoms with Crippen LogP contribution in [-0.2, 0) is 28.8 Å². The summed E-state index contributed by atoms with van der Waals surface area (Å²) in [6.07, 6.45) is 2.85. The number of ether oxygens (including phenoxy) is 1. The Labute approximate surface area is 191 Å². The number of carbonyl (C=O) groups excluding carboxylic acids is 1. The van der Waals surface area contributed by atoms with E-state index in [1.54, 1.807) is 17.0 Å². The molecule has 2 unspecified atom stereocenters. The summed E-state index contributed by atoms with van der Waals surface area (Å²) in [5.74, 6) is 0.323. The van der Waals surface area contributed by atoms with Gasteiger partial charge in [-0.2, -0.15) is 5.10 Å². The predicted octanol–water partition coefficient (Wildman–Crippen LogP) is 2.51. The molecule has 4 rings (SSSR count). The van der Waals surface area contributed by atoms with Crippen LogP contribution in [0.3, 0.4) is 0 Å². The molecule has 2 aromatic rings. The largest absolute Gasteiger partial charge is 0.378 e. The van der Waals surface area contributed by atoms with Crippen LogP contribution in [0.25, 0.3) is 11.3 Å². The normalized spacial score (nSPS) is 21.0. The zero-order valence-electron chi connectivity index (χ0n) is 18.8. The van der Waals surface area contributed by atoms with Gasteiger partial charge in [-0.1, -0.05) is 25.1 Å². The van der Waals surface area contributed by atoms with Gasteiger partial charge in [0.15, 0.2) is 16.8 Å². The highest BCUT2D eigenvalue weighted by atomic mass is 32.2. The Kier molecular flexibility index (Phi) is 7.40. The van der Waals surface area contributed by atoms with Gasteiger partial charge in [-0.05, 0) is 44.8 Å². The van der Waals surface area contributed by atoms with Crippen molar-refractivity contribution in [2.75, 3.05) is 46.4 Å². The Bertz CT molecular complexity index is 986. The van der Waals surface area contributed by atoms with Crippen LogP contribution >= 0.6 is 0 Å². The first-order valence-electron chi connectivity index (χ1n) is 11.3. The van der Waals surface area contributed by atoms with E-state index in [-0.39, 0.29) is 5.91 Å². The van der Waals surface area contributed by atoms with Crippen molar-refractivity contribution in [1.29, 1.82) is 0 Å². The number of carbonyl (C=O) groups is 1. The smallest absolute Gasteiger partial charge is 0.274 e. The van der Waals surface area contributed by atoms with Crippen molar-refractivity contribution >= 4 is 17.0 Å². The van der Waals surface area contributed by atoms with Crippen molar-refractivity contribution < 1.29 is 18.3 Å². The average molecular weight is 461 g/mol. The molecule has 2 fully saturated rings. The van der Waals surface area contributed by atoms with E-state index < -0.39 is 11.1 Å². The molecule has 1 aromatic carbocycles. The van der Waals surface area contributed by atoms with Gasteiger partial charge < -0.3 is 19.1 Å². The van der Waals surface area contributed by atoms with E-state index >= 15 is 0 Å². The van der Waals surface area contributed by atoms with Crippen molar-refractivity contribution in [3.05, 3.63) is 35.5 Å². The van der Waals surface area contributed by atoms with Gasteiger partial charge in [-0.25, -0.2) is 4.21 Å². The summed E-state index contributed by atoms with van der Waals surface area (Å²) < 4.78 is 29.4. The number of morpholine rings is 1. The van der Waals surface area contributed by atoms with Crippen LogP contribution in [0.1, 0.15) is 35.8 Å². The topological polar surface area (TPSA) is 87.9 Å². The van der Waals surface area contributed by atoms with Gasteiger partial charge in [0.2, 0.25) is 0 Å². The maximum Gasteiger partial charge on any atom is 0.274 e. The van der Waals surface area contributed by atoms with E-state index in [9.17, 15) is 13.6 Å². The summed E-state index contributed by atoms with van der Waals surface area (Å²) in [6, 6.07) is 7.14. The lowest BCUT2D eigenvalue weighted by Crippen LogP contribution is -2.41. The van der Waals surface area contributed by atoms with Gasteiger partial charge in [0, 0.05) is 37.3 Å². The van der Waals surface area contributed by atoms with Crippen LogP contribution in [0.15, 0.2) is 29.2 Å². The summed E-state index contributed by atoms with van der Waals surface area (Å²) in [7, 11) is 2.13. The quantitative estimate of drug-likeness (QED) is 0.667. The van der Waals surface area contributed by atoms with Gasteiger partial charge in [-0.3, -0.25) is 9.48 Å². The van der Waals surface area contributed by atoms with Gasteiger partial charge >= 0.3 is 0 Å². The summed E-state index contributed by atoms with van der Waals surface area (Å²) >= 11 is -2.14. The Morgan fingerprint density at radius 3 is 2.69 bits per heavy atom. The fraction of sp³-hybridized carbons (Fsp3) is 0.565. The number of amides is 1. The lowest BCUT2D eigenvalue weighted by molar-refractivity contribution is 0.0297. The second-order valence-electron chi connectivity index (χ2n) is 8.63. The minimum Gasteiger partial charge on any atom is -0.378 e. The molecular formula is C23H32N4O4S. The highest BCUT2D eigenvalue weighted by Crippen LogP contribution is 2.33. The monoisotopic (exact) mass is 460 g/mol. The number of nitrogens with zero attached hydrogens (tertiary/aromatic N) is 4. The highest BCUT2D eigenvalue weighted by molar-refractivity contribution is 7.79. The molecule has 1 aromatic heterocycles. The first-order chi connectivity index (χ1) is 15.5. The average Bonchev–Trinajstić information content (AvgIpc) is 3.17. The minimum atomic E-state index is -2.14. The minimum absolute atomic E-state index is 0.0893. The molecule has 2 aliphatic rings. The second-order valence-corrected chi connectivity index (χ2v) is 9.57. The summed E-state index contributed by atoms with van der Waals surface area (Å²) in [5.41, 5.74) is 2.74. The second kappa shape index (κ2) is 10.2. The van der Waals surface area contributed by atoms with Crippen LogP contribution in [-0.4, -0.2) is 80.7 Å². The molecule has 0 aliphatic carbocycles. The summed E-state index contributed by atoms with van der Waals surface area (Å²) in [6.45, 7) is 6.91. The molecule has 0 bridgehead atoms. The van der Waals surface area contributed by atoms with Crippen LogP contribution in [0, 0.1) is 5.92 Å². The summed E-state index contributed by atoms with van der Waals surface area (Å²) in [4.78, 5) is 17.9. The van der Waals surface area contributed by atoms with Crippen LogP contribution < -0.4 is 0 Å². The number of hydrogen-bond donors (Lipinski definition) is 1. The molecule has 1 N–H and O–H groups in total. The number of piperidine rings is 1. The molecule has 2 saturated heterocycles. The first kappa shape index (κ1) is 23.1. The Morgan fingerprint density at radius 2 is 2.00 bits per heavy atom. The zero-order valence-corrected chi connectivity index (χ0v) is 19.6. The number of aromatic nitrogens is 2. The van der Waals surface area contributed by atoms with Crippen molar-refractivity contribution in [1.82, 2.24) is 19.6 Å². The SMILES string of the molecule is CCc1c(C(=O)N2CCOCC2)nn(CC2CCCN(C)C2)c1-c1ccccc1S(=O)O. The Morgan fingerprint density at radius 1 is 1.25 bits per heavy atom. The number of benzene rings is 1. The standard InChI is InChI=1S/C23H32N4O4S/c1-3-18-21(23(28)26-11-13-31-14-12-26)24-27(16-17-7-6-10-25(2)15-17)22(18)19-8-4-5-9-20(19)32(29)30/h4-5,8-9,17H,3,6-7,10-16H2,1-2H3,(H,29,30). The van der Waals surface area contributed by atoms with Crippen molar-refractivity contribution in [3.63, 3.8) is 0 Å². The molecule has 174 valence electrons. The van der Waals surface area contributed by atoms with Gasteiger partial charge in [0.05, 0.1) is 23.8 Å². The third-order valence-electron chi connectivity index (χ3n) is 6.39. The maximum absolute atomic E-state index is 13.4. The van der Waals surface area contributed by atoms with Crippen molar-refractivity contribution in [2.24, 2.45) is 5.92 Å². The lowest BCUT2D eigenvalue weighted by Gasteiger charge is -2.30. The molecule has 9 heteroatoms. The Balaban J connectivity index is 1.81. The van der Waals surface area contributed by atoms with Crippen LogP contribution in [0.2, 0.25) is 0 Å². The number of hydrogen-bond acceptors (Lipinski definition) is 5. The molecule has 1 amide bonds. The predicted molar refractivity (Wildman–Crippen MR) is 123 cm³/mol. The molecule has 2 aliphatic heterocycles. The van der Waals surface area contributed by atoms with E-state index in [0.717, 1.165) is 37.2 Å². The molecule has 8 nitrogen and oxygen atoms in total. The van der Waals surface area contributed by atoms with Crippen molar-refractivity contribution in [2.45, 2.75) is 37.6 Å². The summed E-state index contributed by atoms with van der Waals surface area (Å²) in [5, 5.41) is 4.84. The molecule has 3 heterocycles. The van der Waals surface area contributed by atoms with Gasteiger partial charge in [0.25, 0.3) is 5.91 Å². The van der Waals surface area contributed by atoms with Gasteiger partial charge in [-0.15, -0.1) is 0 Å². The molecule has 0 spiro atoms. The number of rotatable bonds is 6.